The Kier molecular flexibility index (Phi) is 4.54. The van der Waals surface area contributed by atoms with Gasteiger partial charge < -0.3 is 0 Å². The van der Waals surface area contributed by atoms with E-state index in [-0.39, 0.29) is 0 Å². The van der Waals surface area contributed by atoms with Crippen molar-refractivity contribution < 1.29 is 0 Å². The van der Waals surface area contributed by atoms with Gasteiger partial charge in [-0.1, -0.05) is 67.6 Å². The van der Waals surface area contributed by atoms with Gasteiger partial charge in [-0.05, 0) is 24.6 Å². The van der Waals surface area contributed by atoms with Crippen LogP contribution in [0.4, 0.5) is 0 Å². The number of hydrogen-bond acceptors (Lipinski definition) is 1. The van der Waals surface area contributed by atoms with Crippen LogP contribution < -0.4 is 0 Å². The van der Waals surface area contributed by atoms with E-state index in [1.54, 1.807) is 0 Å². The molecular weight excluding hydrogens is 218 g/mol. The second-order valence-electron chi connectivity index (χ2n) is 4.64. The van der Waals surface area contributed by atoms with E-state index in [1.165, 1.54) is 11.1 Å². The maximum Gasteiger partial charge on any atom is 0.0323 e. The maximum atomic E-state index is 2.49. The van der Waals surface area contributed by atoms with Gasteiger partial charge in [0.1, 0.15) is 0 Å². The van der Waals surface area contributed by atoms with E-state index in [4.69, 9.17) is 0 Å². The quantitative estimate of drug-likeness (QED) is 0.753. The van der Waals surface area contributed by atoms with Crippen molar-refractivity contribution in [2.24, 2.45) is 0 Å². The van der Waals surface area contributed by atoms with Gasteiger partial charge in [-0.3, -0.25) is 4.90 Å². The lowest BCUT2D eigenvalue weighted by Crippen LogP contribution is -2.26. The van der Waals surface area contributed by atoms with Gasteiger partial charge in [0, 0.05) is 12.6 Å². The van der Waals surface area contributed by atoms with Crippen LogP contribution in [-0.4, -0.2) is 11.4 Å². The minimum atomic E-state index is 0.455. The average Bonchev–Trinajstić information content (AvgIpc) is 2.46. The van der Waals surface area contributed by atoms with E-state index in [1.807, 2.05) is 0 Å². The van der Waals surface area contributed by atoms with E-state index in [2.05, 4.69) is 79.4 Å². The lowest BCUT2D eigenvalue weighted by atomic mass is 10.1. The zero-order valence-electron chi connectivity index (χ0n) is 11.2. The van der Waals surface area contributed by atoms with Crippen LogP contribution in [0.5, 0.6) is 0 Å². The van der Waals surface area contributed by atoms with Crippen LogP contribution in [0.1, 0.15) is 31.0 Å². The fourth-order valence-electron chi connectivity index (χ4n) is 2.28. The summed E-state index contributed by atoms with van der Waals surface area (Å²) in [7, 11) is 0. The molecule has 0 saturated carbocycles. The van der Waals surface area contributed by atoms with Gasteiger partial charge in [-0.2, -0.15) is 0 Å². The van der Waals surface area contributed by atoms with E-state index < -0.39 is 0 Å². The van der Waals surface area contributed by atoms with Crippen LogP contribution in [0.3, 0.4) is 0 Å². The molecule has 0 aromatic heterocycles. The molecule has 0 unspecified atom stereocenters. The van der Waals surface area contributed by atoms with Crippen molar-refractivity contribution in [3.8, 4) is 0 Å². The lowest BCUT2D eigenvalue weighted by Gasteiger charge is -2.28. The average molecular weight is 239 g/mol. The molecule has 0 aliphatic heterocycles. The van der Waals surface area contributed by atoms with Crippen molar-refractivity contribution >= 4 is 0 Å². The van der Waals surface area contributed by atoms with Gasteiger partial charge in [0.15, 0.2) is 0 Å². The first-order valence-corrected chi connectivity index (χ1v) is 6.64. The number of hydrogen-bond donors (Lipinski definition) is 0. The molecule has 0 saturated heterocycles. The topological polar surface area (TPSA) is 3.24 Å². The highest BCUT2D eigenvalue weighted by molar-refractivity contribution is 5.19. The summed E-state index contributed by atoms with van der Waals surface area (Å²) in [4.78, 5) is 2.49. The minimum Gasteiger partial charge on any atom is -0.293 e. The Morgan fingerprint density at radius 1 is 0.889 bits per heavy atom. The van der Waals surface area contributed by atoms with Crippen molar-refractivity contribution in [1.29, 1.82) is 0 Å². The first-order valence-electron chi connectivity index (χ1n) is 6.64. The number of nitrogens with zero attached hydrogens (tertiary/aromatic N) is 1. The van der Waals surface area contributed by atoms with Gasteiger partial charge in [0.2, 0.25) is 0 Å². The Balaban J connectivity index is 2.09. The molecule has 0 radical (unpaired) electrons. The predicted octanol–water partition coefficient (Wildman–Crippen LogP) is 4.27. The molecule has 1 nitrogen and oxygen atoms in total. The van der Waals surface area contributed by atoms with Crippen molar-refractivity contribution in [2.75, 3.05) is 6.54 Å². The molecule has 2 rings (SSSR count). The third-order valence-electron chi connectivity index (χ3n) is 3.46. The van der Waals surface area contributed by atoms with Crippen LogP contribution in [-0.2, 0) is 6.54 Å². The molecule has 0 N–H and O–H groups in total. The third-order valence-corrected chi connectivity index (χ3v) is 3.46. The molecule has 0 fully saturated rings. The monoisotopic (exact) mass is 239 g/mol. The summed E-state index contributed by atoms with van der Waals surface area (Å²) in [6.45, 7) is 6.57. The Morgan fingerprint density at radius 3 is 2.00 bits per heavy atom. The Labute approximate surface area is 110 Å². The summed E-state index contributed by atoms with van der Waals surface area (Å²) in [5.41, 5.74) is 2.76. The van der Waals surface area contributed by atoms with Crippen LogP contribution in [0.15, 0.2) is 60.7 Å². The van der Waals surface area contributed by atoms with Gasteiger partial charge >= 0.3 is 0 Å². The predicted molar refractivity (Wildman–Crippen MR) is 77.4 cm³/mol. The van der Waals surface area contributed by atoms with E-state index in [0.717, 1.165) is 13.1 Å². The van der Waals surface area contributed by atoms with Crippen molar-refractivity contribution in [3.63, 3.8) is 0 Å². The molecule has 0 aliphatic carbocycles. The van der Waals surface area contributed by atoms with Gasteiger partial charge in [0.05, 0.1) is 0 Å². The molecule has 1 heteroatoms. The van der Waals surface area contributed by atoms with Gasteiger partial charge in [-0.15, -0.1) is 0 Å². The summed E-state index contributed by atoms with van der Waals surface area (Å²) in [6, 6.07) is 21.8. The van der Waals surface area contributed by atoms with E-state index >= 15 is 0 Å². The molecule has 0 amide bonds. The molecule has 0 bridgehead atoms. The summed E-state index contributed by atoms with van der Waals surface area (Å²) >= 11 is 0. The smallest absolute Gasteiger partial charge is 0.0323 e. The molecule has 1 atom stereocenters. The van der Waals surface area contributed by atoms with E-state index in [9.17, 15) is 0 Å². The van der Waals surface area contributed by atoms with Gasteiger partial charge in [0.25, 0.3) is 0 Å². The summed E-state index contributed by atoms with van der Waals surface area (Å²) in [6.07, 6.45) is 0. The summed E-state index contributed by atoms with van der Waals surface area (Å²) in [5.74, 6) is 0. The van der Waals surface area contributed by atoms with Crippen molar-refractivity contribution in [1.82, 2.24) is 4.90 Å². The molecule has 0 spiro atoms. The number of rotatable bonds is 5. The Morgan fingerprint density at radius 2 is 1.44 bits per heavy atom. The molecule has 0 heterocycles. The maximum absolute atomic E-state index is 2.49. The van der Waals surface area contributed by atoms with Crippen LogP contribution in [0, 0.1) is 0 Å². The van der Waals surface area contributed by atoms with Gasteiger partial charge in [-0.25, -0.2) is 0 Å². The fourth-order valence-corrected chi connectivity index (χ4v) is 2.28. The molecule has 94 valence electrons. The summed E-state index contributed by atoms with van der Waals surface area (Å²) < 4.78 is 0. The first kappa shape index (κ1) is 12.8. The number of benzene rings is 2. The third kappa shape index (κ3) is 3.21. The second kappa shape index (κ2) is 6.36. The normalized spacial score (nSPS) is 12.6. The highest BCUT2D eigenvalue weighted by Gasteiger charge is 2.13. The molecule has 2 aromatic rings. The second-order valence-corrected chi connectivity index (χ2v) is 4.64. The summed E-state index contributed by atoms with van der Waals surface area (Å²) in [5, 5.41) is 0. The molecule has 18 heavy (non-hydrogen) atoms. The van der Waals surface area contributed by atoms with Crippen molar-refractivity contribution in [2.45, 2.75) is 26.4 Å². The Hall–Kier alpha value is -1.60. The molecule has 0 aliphatic rings. The molecular formula is C17H21N. The lowest BCUT2D eigenvalue weighted by molar-refractivity contribution is 0.213. The van der Waals surface area contributed by atoms with Crippen LogP contribution in [0.2, 0.25) is 0 Å². The zero-order chi connectivity index (χ0) is 12.8. The minimum absolute atomic E-state index is 0.455. The van der Waals surface area contributed by atoms with E-state index in [0.29, 0.717) is 6.04 Å². The first-order chi connectivity index (χ1) is 8.81. The standard InChI is InChI=1S/C17H21N/c1-3-18(14-16-10-6-4-7-11-16)15(2)17-12-8-5-9-13-17/h4-13,15H,3,14H2,1-2H3/t15-/m1/s1. The largest absolute Gasteiger partial charge is 0.293 e. The SMILES string of the molecule is CCN(Cc1ccccc1)[C@H](C)c1ccccc1. The fraction of sp³-hybridized carbons (Fsp3) is 0.294. The zero-order valence-corrected chi connectivity index (χ0v) is 11.2. The highest BCUT2D eigenvalue weighted by atomic mass is 15.1. The molecule has 2 aromatic carbocycles. The van der Waals surface area contributed by atoms with Crippen LogP contribution in [0.25, 0.3) is 0 Å². The highest BCUT2D eigenvalue weighted by Crippen LogP contribution is 2.21. The van der Waals surface area contributed by atoms with Crippen molar-refractivity contribution in [3.05, 3.63) is 71.8 Å². The Bertz CT molecular complexity index is 450. The van der Waals surface area contributed by atoms with Crippen LogP contribution >= 0.6 is 0 Å².